The molecule has 84 valence electrons. The summed E-state index contributed by atoms with van der Waals surface area (Å²) in [6.45, 7) is 6.55. The van der Waals surface area contributed by atoms with Gasteiger partial charge in [0.1, 0.15) is 5.75 Å². The number of ether oxygens (including phenoxy) is 1. The van der Waals surface area contributed by atoms with Crippen molar-refractivity contribution in [2.24, 2.45) is 0 Å². The average Bonchev–Trinajstić information content (AvgIpc) is 2.27. The highest BCUT2D eigenvalue weighted by Gasteiger charge is 2.09. The Kier molecular flexibility index (Phi) is 2.82. The van der Waals surface area contributed by atoms with E-state index in [1.807, 2.05) is 18.3 Å². The molecule has 0 aliphatic carbocycles. The lowest BCUT2D eigenvalue weighted by Crippen LogP contribution is -1.96. The molecule has 0 amide bonds. The van der Waals surface area contributed by atoms with Gasteiger partial charge in [0.2, 0.25) is 0 Å². The highest BCUT2D eigenvalue weighted by Crippen LogP contribution is 2.29. The molecular weight excluding hydrogens is 198 g/mol. The van der Waals surface area contributed by atoms with E-state index in [2.05, 4.69) is 31.8 Å². The van der Waals surface area contributed by atoms with Crippen LogP contribution in [0.5, 0.6) is 5.75 Å². The van der Waals surface area contributed by atoms with Crippen molar-refractivity contribution in [3.8, 4) is 5.75 Å². The Labute approximate surface area is 96.3 Å². The number of pyridine rings is 1. The van der Waals surface area contributed by atoms with Crippen LogP contribution in [0.2, 0.25) is 0 Å². The van der Waals surface area contributed by atoms with Gasteiger partial charge in [0, 0.05) is 17.6 Å². The minimum Gasteiger partial charge on any atom is -0.497 e. The molecule has 0 saturated carbocycles. The maximum atomic E-state index is 5.21. The molecule has 2 aromatic rings. The number of nitrogens with zero attached hydrogens (tertiary/aromatic N) is 1. The first-order chi connectivity index (χ1) is 7.63. The average molecular weight is 215 g/mol. The predicted octanol–water partition coefficient (Wildman–Crippen LogP) is 3.68. The molecule has 0 atom stereocenters. The van der Waals surface area contributed by atoms with Crippen LogP contribution < -0.4 is 4.74 Å². The minimum atomic E-state index is 0.513. The predicted molar refractivity (Wildman–Crippen MR) is 67.1 cm³/mol. The van der Waals surface area contributed by atoms with Gasteiger partial charge >= 0.3 is 0 Å². The third-order valence-electron chi connectivity index (χ3n) is 2.89. The molecule has 2 heteroatoms. The summed E-state index contributed by atoms with van der Waals surface area (Å²) >= 11 is 0. The molecule has 2 rings (SSSR count). The van der Waals surface area contributed by atoms with Crippen LogP contribution in [0.15, 0.2) is 24.4 Å². The van der Waals surface area contributed by atoms with Gasteiger partial charge in [-0.15, -0.1) is 0 Å². The number of benzene rings is 1. The summed E-state index contributed by atoms with van der Waals surface area (Å²) in [6.07, 6.45) is 1.94. The Morgan fingerprint density at radius 1 is 1.25 bits per heavy atom. The van der Waals surface area contributed by atoms with Crippen LogP contribution in [0.4, 0.5) is 0 Å². The maximum Gasteiger partial charge on any atom is 0.121 e. The van der Waals surface area contributed by atoms with E-state index in [1.165, 1.54) is 16.5 Å². The lowest BCUT2D eigenvalue weighted by atomic mass is 9.95. The van der Waals surface area contributed by atoms with Gasteiger partial charge in [-0.05, 0) is 36.1 Å². The Balaban J connectivity index is 2.74. The number of fused-ring (bicyclic) bond motifs is 1. The minimum absolute atomic E-state index is 0.513. The molecule has 0 radical (unpaired) electrons. The quantitative estimate of drug-likeness (QED) is 0.762. The molecule has 16 heavy (non-hydrogen) atoms. The normalized spacial score (nSPS) is 11.1. The first kappa shape index (κ1) is 10.9. The fourth-order valence-corrected chi connectivity index (χ4v) is 2.19. The number of aromatic nitrogens is 1. The summed E-state index contributed by atoms with van der Waals surface area (Å²) in [6, 6.07) is 6.08. The van der Waals surface area contributed by atoms with E-state index in [0.29, 0.717) is 5.92 Å². The molecule has 0 aliphatic rings. The van der Waals surface area contributed by atoms with Crippen molar-refractivity contribution in [3.63, 3.8) is 0 Å². The van der Waals surface area contributed by atoms with Crippen LogP contribution in [0.1, 0.15) is 30.9 Å². The molecule has 1 aromatic heterocycles. The molecule has 0 unspecified atom stereocenters. The zero-order valence-electron chi connectivity index (χ0n) is 10.2. The van der Waals surface area contributed by atoms with Crippen molar-refractivity contribution in [1.82, 2.24) is 4.98 Å². The molecule has 0 N–H and O–H groups in total. The first-order valence-electron chi connectivity index (χ1n) is 5.56. The summed E-state index contributed by atoms with van der Waals surface area (Å²) < 4.78 is 5.21. The third kappa shape index (κ3) is 1.75. The summed E-state index contributed by atoms with van der Waals surface area (Å²) in [5.41, 5.74) is 3.65. The number of methoxy groups -OCH3 is 1. The molecule has 0 aliphatic heterocycles. The van der Waals surface area contributed by atoms with Crippen LogP contribution >= 0.6 is 0 Å². The van der Waals surface area contributed by atoms with E-state index >= 15 is 0 Å². The third-order valence-corrected chi connectivity index (χ3v) is 2.89. The summed E-state index contributed by atoms with van der Waals surface area (Å²) in [7, 11) is 1.68. The highest BCUT2D eigenvalue weighted by molar-refractivity contribution is 5.84. The van der Waals surface area contributed by atoms with Crippen molar-refractivity contribution < 1.29 is 4.74 Å². The fraction of sp³-hybridized carbons (Fsp3) is 0.357. The van der Waals surface area contributed by atoms with Gasteiger partial charge in [0.05, 0.1) is 12.6 Å². The number of aryl methyl sites for hydroxylation is 1. The van der Waals surface area contributed by atoms with Crippen LogP contribution in [0, 0.1) is 6.92 Å². The molecular formula is C14H17NO. The highest BCUT2D eigenvalue weighted by atomic mass is 16.5. The van der Waals surface area contributed by atoms with Gasteiger partial charge in [-0.1, -0.05) is 13.8 Å². The number of rotatable bonds is 2. The van der Waals surface area contributed by atoms with E-state index in [1.54, 1.807) is 7.11 Å². The van der Waals surface area contributed by atoms with E-state index in [4.69, 9.17) is 4.74 Å². The van der Waals surface area contributed by atoms with Gasteiger partial charge < -0.3 is 4.74 Å². The Bertz CT molecular complexity index is 517. The van der Waals surface area contributed by atoms with Gasteiger partial charge in [-0.25, -0.2) is 0 Å². The topological polar surface area (TPSA) is 22.1 Å². The number of hydrogen-bond donors (Lipinski definition) is 0. The van der Waals surface area contributed by atoms with Crippen LogP contribution in [-0.4, -0.2) is 12.1 Å². The number of hydrogen-bond acceptors (Lipinski definition) is 2. The van der Waals surface area contributed by atoms with Gasteiger partial charge in [0.15, 0.2) is 0 Å². The van der Waals surface area contributed by atoms with Crippen molar-refractivity contribution in [1.29, 1.82) is 0 Å². The largest absolute Gasteiger partial charge is 0.497 e. The van der Waals surface area contributed by atoms with Gasteiger partial charge in [-0.3, -0.25) is 4.98 Å². The fourth-order valence-electron chi connectivity index (χ4n) is 2.19. The van der Waals surface area contributed by atoms with Gasteiger partial charge in [-0.2, -0.15) is 0 Å². The SMILES string of the molecule is COc1ccc2c(C(C)C)c(C)cnc2c1. The molecule has 0 fully saturated rings. The molecule has 0 bridgehead atoms. The van der Waals surface area contributed by atoms with E-state index in [-0.39, 0.29) is 0 Å². The van der Waals surface area contributed by atoms with Crippen LogP contribution in [-0.2, 0) is 0 Å². The second kappa shape index (κ2) is 4.12. The first-order valence-corrected chi connectivity index (χ1v) is 5.56. The summed E-state index contributed by atoms with van der Waals surface area (Å²) in [4.78, 5) is 4.45. The second-order valence-corrected chi connectivity index (χ2v) is 4.39. The summed E-state index contributed by atoms with van der Waals surface area (Å²) in [5, 5.41) is 1.23. The van der Waals surface area contributed by atoms with E-state index < -0.39 is 0 Å². The Hall–Kier alpha value is -1.57. The monoisotopic (exact) mass is 215 g/mol. The van der Waals surface area contributed by atoms with Crippen LogP contribution in [0.3, 0.4) is 0 Å². The Morgan fingerprint density at radius 3 is 2.62 bits per heavy atom. The van der Waals surface area contributed by atoms with Crippen molar-refractivity contribution in [3.05, 3.63) is 35.5 Å². The molecule has 2 nitrogen and oxygen atoms in total. The van der Waals surface area contributed by atoms with Gasteiger partial charge in [0.25, 0.3) is 0 Å². The molecule has 1 heterocycles. The molecule has 0 spiro atoms. The smallest absolute Gasteiger partial charge is 0.121 e. The second-order valence-electron chi connectivity index (χ2n) is 4.39. The zero-order valence-corrected chi connectivity index (χ0v) is 10.2. The van der Waals surface area contributed by atoms with Crippen LogP contribution in [0.25, 0.3) is 10.9 Å². The molecule has 1 aromatic carbocycles. The zero-order chi connectivity index (χ0) is 11.7. The lowest BCUT2D eigenvalue weighted by Gasteiger charge is -2.13. The standard InChI is InChI=1S/C14H17NO/c1-9(2)14-10(3)8-15-13-7-11(16-4)5-6-12(13)14/h5-9H,1-4H3. The lowest BCUT2D eigenvalue weighted by molar-refractivity contribution is 0.415. The van der Waals surface area contributed by atoms with Crippen molar-refractivity contribution in [2.45, 2.75) is 26.7 Å². The van der Waals surface area contributed by atoms with Crippen molar-refractivity contribution in [2.75, 3.05) is 7.11 Å². The van der Waals surface area contributed by atoms with E-state index in [0.717, 1.165) is 11.3 Å². The van der Waals surface area contributed by atoms with Crippen molar-refractivity contribution >= 4 is 10.9 Å². The molecule has 0 saturated heterocycles. The Morgan fingerprint density at radius 2 is 2.00 bits per heavy atom. The summed E-state index contributed by atoms with van der Waals surface area (Å²) in [5.74, 6) is 1.37. The van der Waals surface area contributed by atoms with E-state index in [9.17, 15) is 0 Å². The maximum absolute atomic E-state index is 5.21.